The predicted octanol–water partition coefficient (Wildman–Crippen LogP) is 0.605. The van der Waals surface area contributed by atoms with Gasteiger partial charge in [0, 0.05) is 6.04 Å². The maximum Gasteiger partial charge on any atom is 0.267 e. The van der Waals surface area contributed by atoms with Crippen LogP contribution in [0.15, 0.2) is 18.2 Å². The Morgan fingerprint density at radius 2 is 2.43 bits per heavy atom. The van der Waals surface area contributed by atoms with E-state index in [2.05, 4.69) is 10.3 Å². The highest BCUT2D eigenvalue weighted by Crippen LogP contribution is 2.20. The topological polar surface area (TPSA) is 68.0 Å². The maximum atomic E-state index is 10.9. The van der Waals surface area contributed by atoms with Gasteiger partial charge in [-0.2, -0.15) is 0 Å². The Morgan fingerprint density at radius 3 is 3.07 bits per heavy atom. The van der Waals surface area contributed by atoms with Crippen molar-refractivity contribution in [1.29, 1.82) is 0 Å². The van der Waals surface area contributed by atoms with Crippen molar-refractivity contribution in [3.8, 4) is 0 Å². The molecule has 1 atom stereocenters. The zero-order chi connectivity index (χ0) is 9.97. The third-order valence-corrected chi connectivity index (χ3v) is 2.44. The number of aromatic nitrogens is 1. The Hall–Kier alpha value is -1.42. The van der Waals surface area contributed by atoms with Crippen LogP contribution < -0.4 is 11.1 Å². The molecule has 14 heavy (non-hydrogen) atoms. The van der Waals surface area contributed by atoms with Crippen molar-refractivity contribution in [3.63, 3.8) is 0 Å². The van der Waals surface area contributed by atoms with Gasteiger partial charge in [0.1, 0.15) is 5.69 Å². The van der Waals surface area contributed by atoms with Gasteiger partial charge >= 0.3 is 0 Å². The molecular formula is C10H13N3O. The average molecular weight is 191 g/mol. The molecule has 0 unspecified atom stereocenters. The van der Waals surface area contributed by atoms with Gasteiger partial charge in [-0.1, -0.05) is 6.07 Å². The van der Waals surface area contributed by atoms with Crippen LogP contribution in [0.3, 0.4) is 0 Å². The molecule has 0 saturated carbocycles. The van der Waals surface area contributed by atoms with E-state index in [0.29, 0.717) is 5.69 Å². The molecule has 0 spiro atoms. The lowest BCUT2D eigenvalue weighted by atomic mass is 10.1. The highest BCUT2D eigenvalue weighted by Gasteiger charge is 2.17. The Balaban J connectivity index is 2.25. The van der Waals surface area contributed by atoms with Crippen molar-refractivity contribution >= 4 is 5.91 Å². The normalized spacial score (nSPS) is 21.0. The lowest BCUT2D eigenvalue weighted by molar-refractivity contribution is 0.0995. The molecule has 3 N–H and O–H groups in total. The molecule has 4 heteroatoms. The molecule has 1 fully saturated rings. The first-order chi connectivity index (χ1) is 6.77. The van der Waals surface area contributed by atoms with E-state index in [1.807, 2.05) is 12.1 Å². The molecular weight excluding hydrogens is 178 g/mol. The second-order valence-corrected chi connectivity index (χ2v) is 3.46. The fourth-order valence-corrected chi connectivity index (χ4v) is 1.72. The smallest absolute Gasteiger partial charge is 0.267 e. The predicted molar refractivity (Wildman–Crippen MR) is 52.7 cm³/mol. The number of nitrogens with two attached hydrogens (primary N) is 1. The van der Waals surface area contributed by atoms with E-state index in [1.165, 1.54) is 0 Å². The van der Waals surface area contributed by atoms with Crippen molar-refractivity contribution in [2.45, 2.75) is 18.9 Å². The zero-order valence-electron chi connectivity index (χ0n) is 7.86. The van der Waals surface area contributed by atoms with Crippen LogP contribution in [0.5, 0.6) is 0 Å². The molecule has 74 valence electrons. The standard InChI is InChI=1S/C10H13N3O/c11-10(14)9-4-1-3-8(13-9)7-5-2-6-12-7/h1,3-4,7,12H,2,5-6H2,(H2,11,14)/t7-/m0/s1. The molecule has 0 radical (unpaired) electrons. The number of carbonyl (C=O) groups is 1. The molecule has 1 aromatic heterocycles. The quantitative estimate of drug-likeness (QED) is 0.719. The summed E-state index contributed by atoms with van der Waals surface area (Å²) in [5, 5.41) is 3.32. The van der Waals surface area contributed by atoms with Crippen LogP contribution in [0.25, 0.3) is 0 Å². The number of primary amides is 1. The van der Waals surface area contributed by atoms with Crippen LogP contribution in [0.2, 0.25) is 0 Å². The molecule has 0 aromatic carbocycles. The summed E-state index contributed by atoms with van der Waals surface area (Å²) in [6.45, 7) is 1.02. The number of carbonyl (C=O) groups excluding carboxylic acids is 1. The zero-order valence-corrected chi connectivity index (χ0v) is 7.86. The van der Waals surface area contributed by atoms with Gasteiger partial charge in [-0.15, -0.1) is 0 Å². The minimum atomic E-state index is -0.468. The minimum Gasteiger partial charge on any atom is -0.364 e. The minimum absolute atomic E-state index is 0.286. The first kappa shape index (κ1) is 9.15. The van der Waals surface area contributed by atoms with E-state index >= 15 is 0 Å². The molecule has 0 aliphatic carbocycles. The van der Waals surface area contributed by atoms with E-state index in [1.54, 1.807) is 6.07 Å². The van der Waals surface area contributed by atoms with Crippen molar-refractivity contribution in [1.82, 2.24) is 10.3 Å². The third-order valence-electron chi connectivity index (χ3n) is 2.44. The Labute approximate surface area is 82.5 Å². The van der Waals surface area contributed by atoms with Crippen molar-refractivity contribution in [2.24, 2.45) is 5.73 Å². The van der Waals surface area contributed by atoms with Gasteiger partial charge in [0.2, 0.25) is 0 Å². The van der Waals surface area contributed by atoms with Crippen LogP contribution >= 0.6 is 0 Å². The highest BCUT2D eigenvalue weighted by atomic mass is 16.1. The molecule has 1 aliphatic heterocycles. The highest BCUT2D eigenvalue weighted by molar-refractivity contribution is 5.90. The summed E-state index contributed by atoms with van der Waals surface area (Å²) in [4.78, 5) is 15.1. The van der Waals surface area contributed by atoms with Gasteiger partial charge < -0.3 is 11.1 Å². The van der Waals surface area contributed by atoms with Crippen molar-refractivity contribution in [3.05, 3.63) is 29.6 Å². The SMILES string of the molecule is NC(=O)c1cccc([C@@H]2CCCN2)n1. The monoisotopic (exact) mass is 191 g/mol. The van der Waals surface area contributed by atoms with E-state index in [-0.39, 0.29) is 6.04 Å². The largest absolute Gasteiger partial charge is 0.364 e. The first-order valence-corrected chi connectivity index (χ1v) is 4.77. The first-order valence-electron chi connectivity index (χ1n) is 4.77. The van der Waals surface area contributed by atoms with Gasteiger partial charge in [0.15, 0.2) is 0 Å². The molecule has 2 heterocycles. The number of pyridine rings is 1. The number of nitrogens with one attached hydrogen (secondary N) is 1. The second-order valence-electron chi connectivity index (χ2n) is 3.46. The van der Waals surface area contributed by atoms with Crippen LogP contribution in [0.1, 0.15) is 35.1 Å². The van der Waals surface area contributed by atoms with E-state index < -0.39 is 5.91 Å². The number of hydrogen-bond acceptors (Lipinski definition) is 3. The average Bonchev–Trinajstić information content (AvgIpc) is 2.71. The van der Waals surface area contributed by atoms with Crippen LogP contribution in [0.4, 0.5) is 0 Å². The summed E-state index contributed by atoms with van der Waals surface area (Å²) in [5.41, 5.74) is 6.42. The number of amides is 1. The summed E-state index contributed by atoms with van der Waals surface area (Å²) >= 11 is 0. The van der Waals surface area contributed by atoms with E-state index in [4.69, 9.17) is 5.73 Å². The second kappa shape index (κ2) is 3.75. The molecule has 0 bridgehead atoms. The van der Waals surface area contributed by atoms with Gasteiger partial charge in [-0.25, -0.2) is 4.98 Å². The van der Waals surface area contributed by atoms with Crippen LogP contribution in [0, 0.1) is 0 Å². The number of nitrogens with zero attached hydrogens (tertiary/aromatic N) is 1. The summed E-state index contributed by atoms with van der Waals surface area (Å²) in [6, 6.07) is 5.67. The molecule has 2 rings (SSSR count). The van der Waals surface area contributed by atoms with Gasteiger partial charge in [0.25, 0.3) is 5.91 Å². The van der Waals surface area contributed by atoms with Crippen LogP contribution in [-0.2, 0) is 0 Å². The Morgan fingerprint density at radius 1 is 1.57 bits per heavy atom. The Kier molecular flexibility index (Phi) is 2.45. The summed E-state index contributed by atoms with van der Waals surface area (Å²) in [5.74, 6) is -0.468. The Bertz CT molecular complexity index is 345. The molecule has 1 amide bonds. The summed E-state index contributed by atoms with van der Waals surface area (Å²) in [7, 11) is 0. The third kappa shape index (κ3) is 1.75. The maximum absolute atomic E-state index is 10.9. The summed E-state index contributed by atoms with van der Waals surface area (Å²) in [6.07, 6.45) is 2.24. The molecule has 1 saturated heterocycles. The lowest BCUT2D eigenvalue weighted by Gasteiger charge is -2.09. The van der Waals surface area contributed by atoms with Crippen molar-refractivity contribution in [2.75, 3.05) is 6.54 Å². The van der Waals surface area contributed by atoms with Gasteiger partial charge in [0.05, 0.1) is 5.69 Å². The molecule has 1 aliphatic rings. The summed E-state index contributed by atoms with van der Waals surface area (Å²) < 4.78 is 0. The number of hydrogen-bond donors (Lipinski definition) is 2. The van der Waals surface area contributed by atoms with Gasteiger partial charge in [-0.05, 0) is 31.5 Å². The van der Waals surface area contributed by atoms with Gasteiger partial charge in [-0.3, -0.25) is 4.79 Å². The van der Waals surface area contributed by atoms with E-state index in [0.717, 1.165) is 25.1 Å². The van der Waals surface area contributed by atoms with Crippen molar-refractivity contribution < 1.29 is 4.79 Å². The van der Waals surface area contributed by atoms with E-state index in [9.17, 15) is 4.79 Å². The number of rotatable bonds is 2. The van der Waals surface area contributed by atoms with Crippen LogP contribution in [-0.4, -0.2) is 17.4 Å². The lowest BCUT2D eigenvalue weighted by Crippen LogP contribution is -2.18. The fourth-order valence-electron chi connectivity index (χ4n) is 1.72. The fraction of sp³-hybridized carbons (Fsp3) is 0.400. The molecule has 1 aromatic rings. The molecule has 4 nitrogen and oxygen atoms in total.